The number of non-ortho nitro benzene ring substituents is 1. The van der Waals surface area contributed by atoms with Crippen molar-refractivity contribution in [3.8, 4) is 17.3 Å². The number of nitro groups is 1. The fourth-order valence-electron chi connectivity index (χ4n) is 1.90. The van der Waals surface area contributed by atoms with Crippen molar-refractivity contribution in [2.45, 2.75) is 0 Å². The zero-order chi connectivity index (χ0) is 17.1. The molecule has 1 aromatic carbocycles. The quantitative estimate of drug-likeness (QED) is 0.473. The lowest BCUT2D eigenvalue weighted by Gasteiger charge is -2.08. The van der Waals surface area contributed by atoms with E-state index < -0.39 is 10.9 Å². The van der Waals surface area contributed by atoms with Crippen LogP contribution >= 0.6 is 0 Å². The van der Waals surface area contributed by atoms with Gasteiger partial charge < -0.3 is 16.2 Å². The average molecular weight is 314 g/mol. The average Bonchev–Trinajstić information content (AvgIpc) is 2.52. The van der Waals surface area contributed by atoms with Crippen LogP contribution in [0.1, 0.15) is 15.9 Å². The molecule has 0 bridgehead atoms. The highest BCUT2D eigenvalue weighted by molar-refractivity contribution is 5.92. The van der Waals surface area contributed by atoms with E-state index in [0.29, 0.717) is 0 Å². The first-order chi connectivity index (χ1) is 10.9. The van der Waals surface area contributed by atoms with Crippen LogP contribution in [0.4, 0.5) is 17.5 Å². The van der Waals surface area contributed by atoms with E-state index in [1.54, 1.807) is 0 Å². The van der Waals surface area contributed by atoms with Crippen molar-refractivity contribution in [1.82, 2.24) is 9.97 Å². The Bertz CT molecular complexity index is 858. The molecule has 0 aliphatic carbocycles. The summed E-state index contributed by atoms with van der Waals surface area (Å²) in [7, 11) is 1.14. The molecule has 116 valence electrons. The van der Waals surface area contributed by atoms with E-state index in [2.05, 4.69) is 14.7 Å². The van der Waals surface area contributed by atoms with Gasteiger partial charge in [0, 0.05) is 17.7 Å². The van der Waals surface area contributed by atoms with E-state index in [1.165, 1.54) is 6.07 Å². The Balaban J connectivity index is 2.78. The number of nitriles is 1. The minimum absolute atomic E-state index is 0.00801. The first-order valence-electron chi connectivity index (χ1n) is 6.08. The maximum absolute atomic E-state index is 11.7. The molecule has 1 heterocycles. The van der Waals surface area contributed by atoms with Crippen LogP contribution in [0.5, 0.6) is 0 Å². The number of benzene rings is 1. The van der Waals surface area contributed by atoms with Crippen LogP contribution in [0.2, 0.25) is 0 Å². The van der Waals surface area contributed by atoms with Gasteiger partial charge in [0.25, 0.3) is 5.69 Å². The molecule has 10 nitrogen and oxygen atoms in total. The van der Waals surface area contributed by atoms with Gasteiger partial charge in [-0.05, 0) is 6.07 Å². The number of hydrogen-bond acceptors (Lipinski definition) is 9. The third kappa shape index (κ3) is 2.98. The number of carbonyl (C=O) groups is 1. The highest BCUT2D eigenvalue weighted by Crippen LogP contribution is 2.29. The summed E-state index contributed by atoms with van der Waals surface area (Å²) in [4.78, 5) is 29.6. The fourth-order valence-corrected chi connectivity index (χ4v) is 1.90. The molecule has 0 fully saturated rings. The Morgan fingerprint density at radius 2 is 2.04 bits per heavy atom. The minimum Gasteiger partial charge on any atom is -0.465 e. The topological polar surface area (TPSA) is 171 Å². The lowest BCUT2D eigenvalue weighted by Crippen LogP contribution is -2.07. The van der Waals surface area contributed by atoms with Gasteiger partial charge in [-0.25, -0.2) is 9.78 Å². The van der Waals surface area contributed by atoms with Crippen molar-refractivity contribution in [2.24, 2.45) is 0 Å². The van der Waals surface area contributed by atoms with E-state index in [4.69, 9.17) is 11.5 Å². The molecular weight excluding hydrogens is 304 g/mol. The highest BCUT2D eigenvalue weighted by Gasteiger charge is 2.20. The van der Waals surface area contributed by atoms with Gasteiger partial charge in [0.15, 0.2) is 0 Å². The van der Waals surface area contributed by atoms with Crippen molar-refractivity contribution in [1.29, 1.82) is 5.26 Å². The Hall–Kier alpha value is -3.74. The number of carbonyl (C=O) groups excluding carboxylic acids is 1. The van der Waals surface area contributed by atoms with Crippen molar-refractivity contribution >= 4 is 23.4 Å². The molecule has 0 atom stereocenters. The van der Waals surface area contributed by atoms with E-state index in [9.17, 15) is 20.2 Å². The molecule has 0 amide bonds. The molecule has 4 N–H and O–H groups in total. The SMILES string of the molecule is COC(=O)c1cc(-c2nc(N)nc(N)c2C#N)cc([N+](=O)[O-])c1. The number of ether oxygens (including phenoxy) is 1. The van der Waals surface area contributed by atoms with Gasteiger partial charge in [0.1, 0.15) is 17.5 Å². The summed E-state index contributed by atoms with van der Waals surface area (Å²) in [5.74, 6) is -1.15. The van der Waals surface area contributed by atoms with Gasteiger partial charge in [-0.15, -0.1) is 0 Å². The number of methoxy groups -OCH3 is 1. The largest absolute Gasteiger partial charge is 0.465 e. The maximum Gasteiger partial charge on any atom is 0.338 e. The Kier molecular flexibility index (Phi) is 4.04. The molecule has 2 aromatic rings. The molecule has 10 heteroatoms. The summed E-state index contributed by atoms with van der Waals surface area (Å²) < 4.78 is 4.56. The highest BCUT2D eigenvalue weighted by atomic mass is 16.6. The normalized spacial score (nSPS) is 9.91. The maximum atomic E-state index is 11.7. The Morgan fingerprint density at radius 1 is 1.35 bits per heavy atom. The molecule has 0 aliphatic rings. The molecule has 0 saturated carbocycles. The third-order valence-corrected chi connectivity index (χ3v) is 2.89. The number of esters is 1. The number of nitrogens with zero attached hydrogens (tertiary/aromatic N) is 4. The van der Waals surface area contributed by atoms with Crippen LogP contribution in [-0.4, -0.2) is 28.0 Å². The number of nitrogen functional groups attached to an aromatic ring is 2. The van der Waals surface area contributed by atoms with Crippen LogP contribution in [-0.2, 0) is 4.74 Å². The number of aromatic nitrogens is 2. The van der Waals surface area contributed by atoms with Crippen LogP contribution in [0, 0.1) is 21.4 Å². The van der Waals surface area contributed by atoms with Crippen molar-refractivity contribution in [3.05, 3.63) is 39.4 Å². The second-order valence-electron chi connectivity index (χ2n) is 4.32. The standard InChI is InChI=1S/C13H10N6O4/c1-23-12(20)7-2-6(3-8(4-7)19(21)22)10-9(5-14)11(15)18-13(16)17-10/h2-4H,1H3,(H4,15,16,17,18). The summed E-state index contributed by atoms with van der Waals surface area (Å²) in [5.41, 5.74) is 10.7. The summed E-state index contributed by atoms with van der Waals surface area (Å²) in [5, 5.41) is 20.2. The molecule has 0 spiro atoms. The first-order valence-corrected chi connectivity index (χ1v) is 6.08. The zero-order valence-corrected chi connectivity index (χ0v) is 11.8. The van der Waals surface area contributed by atoms with E-state index in [0.717, 1.165) is 19.2 Å². The van der Waals surface area contributed by atoms with Crippen molar-refractivity contribution in [2.75, 3.05) is 18.6 Å². The van der Waals surface area contributed by atoms with Gasteiger partial charge in [-0.3, -0.25) is 10.1 Å². The number of nitro benzene ring substituents is 1. The number of rotatable bonds is 3. The first kappa shape index (κ1) is 15.6. The zero-order valence-electron chi connectivity index (χ0n) is 11.8. The second kappa shape index (κ2) is 5.94. The van der Waals surface area contributed by atoms with Gasteiger partial charge in [0.2, 0.25) is 5.95 Å². The third-order valence-electron chi connectivity index (χ3n) is 2.89. The smallest absolute Gasteiger partial charge is 0.338 e. The summed E-state index contributed by atoms with van der Waals surface area (Å²) >= 11 is 0. The summed E-state index contributed by atoms with van der Waals surface area (Å²) in [6.45, 7) is 0. The molecule has 0 aliphatic heterocycles. The number of hydrogen-bond donors (Lipinski definition) is 2. The number of nitrogens with two attached hydrogens (primary N) is 2. The van der Waals surface area contributed by atoms with E-state index in [1.807, 2.05) is 6.07 Å². The Labute approximate surface area is 129 Å². The van der Waals surface area contributed by atoms with E-state index in [-0.39, 0.29) is 39.8 Å². The van der Waals surface area contributed by atoms with Gasteiger partial charge in [-0.2, -0.15) is 10.2 Å². The predicted molar refractivity (Wildman–Crippen MR) is 79.0 cm³/mol. The van der Waals surface area contributed by atoms with Gasteiger partial charge in [-0.1, -0.05) is 0 Å². The van der Waals surface area contributed by atoms with Gasteiger partial charge in [0.05, 0.1) is 23.3 Å². The molecule has 0 unspecified atom stereocenters. The molecule has 2 rings (SSSR count). The van der Waals surface area contributed by atoms with Gasteiger partial charge >= 0.3 is 5.97 Å². The minimum atomic E-state index is -0.775. The lowest BCUT2D eigenvalue weighted by atomic mass is 10.0. The van der Waals surface area contributed by atoms with Crippen LogP contribution in [0.15, 0.2) is 18.2 Å². The molecule has 0 saturated heterocycles. The van der Waals surface area contributed by atoms with Crippen LogP contribution < -0.4 is 11.5 Å². The monoisotopic (exact) mass is 314 g/mol. The predicted octanol–water partition coefficient (Wildman–Crippen LogP) is 0.874. The van der Waals surface area contributed by atoms with E-state index >= 15 is 0 Å². The fraction of sp³-hybridized carbons (Fsp3) is 0.0769. The molecule has 23 heavy (non-hydrogen) atoms. The van der Waals surface area contributed by atoms with Crippen LogP contribution in [0.25, 0.3) is 11.3 Å². The molecule has 1 aromatic heterocycles. The molecule has 0 radical (unpaired) electrons. The summed E-state index contributed by atoms with van der Waals surface area (Å²) in [6.07, 6.45) is 0. The molecular formula is C13H10N6O4. The Morgan fingerprint density at radius 3 is 2.61 bits per heavy atom. The summed E-state index contributed by atoms with van der Waals surface area (Å²) in [6, 6.07) is 5.30. The number of anilines is 2. The van der Waals surface area contributed by atoms with Crippen molar-refractivity contribution in [3.63, 3.8) is 0 Å². The van der Waals surface area contributed by atoms with Crippen LogP contribution in [0.3, 0.4) is 0 Å². The lowest BCUT2D eigenvalue weighted by molar-refractivity contribution is -0.384. The van der Waals surface area contributed by atoms with Crippen molar-refractivity contribution < 1.29 is 14.5 Å². The second-order valence-corrected chi connectivity index (χ2v) is 4.32.